The van der Waals surface area contributed by atoms with Crippen molar-refractivity contribution in [2.75, 3.05) is 113 Å². The molecule has 0 fully saturated rings. The third-order valence-electron chi connectivity index (χ3n) is 5.70. The van der Waals surface area contributed by atoms with E-state index >= 15 is 0 Å². The topological polar surface area (TPSA) is 179 Å². The van der Waals surface area contributed by atoms with Gasteiger partial charge in [0, 0.05) is 20.1 Å². The highest BCUT2D eigenvalue weighted by Gasteiger charge is 2.21. The zero-order valence-corrected chi connectivity index (χ0v) is 26.2. The lowest BCUT2D eigenvalue weighted by Gasteiger charge is -2.14. The van der Waals surface area contributed by atoms with Crippen LogP contribution in [0.4, 0.5) is 4.79 Å². The first kappa shape index (κ1) is 40.1. The number of carboxylic acid groups (broad SMARTS) is 1. The highest BCUT2D eigenvalue weighted by molar-refractivity contribution is 5.81. The fourth-order valence-corrected chi connectivity index (χ4v) is 3.35. The molecule has 0 radical (unpaired) electrons. The van der Waals surface area contributed by atoms with E-state index in [-0.39, 0.29) is 38.5 Å². The second kappa shape index (κ2) is 29.8. The molecule has 15 nitrogen and oxygen atoms in total. The molecule has 0 aliphatic carbocycles. The quantitative estimate of drug-likeness (QED) is 0.0975. The zero-order chi connectivity index (χ0) is 32.6. The summed E-state index contributed by atoms with van der Waals surface area (Å²) in [7, 11) is 1.63. The van der Waals surface area contributed by atoms with Gasteiger partial charge in [-0.25, -0.2) is 9.59 Å². The first-order chi connectivity index (χ1) is 22.0. The summed E-state index contributed by atoms with van der Waals surface area (Å²) in [5.74, 6) is -1.60. The van der Waals surface area contributed by atoms with Gasteiger partial charge >= 0.3 is 12.1 Å². The Morgan fingerprint density at radius 1 is 0.667 bits per heavy atom. The van der Waals surface area contributed by atoms with Crippen molar-refractivity contribution < 1.29 is 62.1 Å². The van der Waals surface area contributed by atoms with E-state index in [1.165, 1.54) is 0 Å². The van der Waals surface area contributed by atoms with E-state index in [9.17, 15) is 19.5 Å². The molecule has 1 aromatic rings. The smallest absolute Gasteiger partial charge is 0.408 e. The van der Waals surface area contributed by atoms with Gasteiger partial charge in [-0.05, 0) is 12.0 Å². The van der Waals surface area contributed by atoms with Crippen LogP contribution in [0.15, 0.2) is 30.3 Å². The molecule has 2 amide bonds. The predicted molar refractivity (Wildman–Crippen MR) is 161 cm³/mol. The van der Waals surface area contributed by atoms with Crippen molar-refractivity contribution in [1.82, 2.24) is 10.6 Å². The summed E-state index contributed by atoms with van der Waals surface area (Å²) >= 11 is 0. The first-order valence-corrected chi connectivity index (χ1v) is 15.0. The van der Waals surface area contributed by atoms with Gasteiger partial charge < -0.3 is 58.4 Å². The van der Waals surface area contributed by atoms with E-state index < -0.39 is 18.1 Å². The summed E-state index contributed by atoms with van der Waals surface area (Å²) in [6.07, 6.45) is -1.03. The number of carbonyl (C=O) groups excluding carboxylic acids is 2. The van der Waals surface area contributed by atoms with Crippen LogP contribution in [0, 0.1) is 0 Å². The van der Waals surface area contributed by atoms with Crippen molar-refractivity contribution in [2.24, 2.45) is 0 Å². The Morgan fingerprint density at radius 2 is 1.11 bits per heavy atom. The number of amides is 2. The molecule has 0 unspecified atom stereocenters. The van der Waals surface area contributed by atoms with Gasteiger partial charge in [-0.1, -0.05) is 30.3 Å². The average molecular weight is 647 g/mol. The molecule has 45 heavy (non-hydrogen) atoms. The maximum atomic E-state index is 12.0. The van der Waals surface area contributed by atoms with E-state index in [0.29, 0.717) is 92.5 Å². The Bertz CT molecular complexity index is 864. The fraction of sp³-hybridized carbons (Fsp3) is 0.700. The van der Waals surface area contributed by atoms with Gasteiger partial charge in [0.2, 0.25) is 5.91 Å². The van der Waals surface area contributed by atoms with E-state index in [1.807, 2.05) is 6.07 Å². The lowest BCUT2D eigenvalue weighted by Crippen LogP contribution is -2.42. The normalized spacial score (nSPS) is 11.7. The number of alkyl carbamates (subject to hydrolysis) is 1. The van der Waals surface area contributed by atoms with Crippen LogP contribution >= 0.6 is 0 Å². The van der Waals surface area contributed by atoms with Crippen LogP contribution in [0.1, 0.15) is 18.4 Å². The number of ether oxygens (including phenoxy) is 9. The summed E-state index contributed by atoms with van der Waals surface area (Å²) < 4.78 is 47.7. The molecule has 1 aromatic carbocycles. The standard InChI is InChI=1S/C30H50N2O13/c1-37-11-12-39-15-16-41-19-20-43-23-24-44-22-21-42-18-17-40-14-13-38-10-9-31-28(33)8-7-27(29(34)35)32-30(36)45-25-26-5-3-2-4-6-26/h2-6,27H,7-25H2,1H3,(H,31,33)(H,32,36)(H,34,35)/t27-/m0/s1. The second-order valence-electron chi connectivity index (χ2n) is 9.26. The Balaban J connectivity index is 1.84. The largest absolute Gasteiger partial charge is 0.480 e. The molecule has 0 heterocycles. The van der Waals surface area contributed by atoms with Crippen LogP contribution in [0.25, 0.3) is 0 Å². The van der Waals surface area contributed by atoms with Crippen molar-refractivity contribution >= 4 is 18.0 Å². The molecule has 1 rings (SSSR count). The van der Waals surface area contributed by atoms with Gasteiger partial charge in [0.15, 0.2) is 0 Å². The highest BCUT2D eigenvalue weighted by Crippen LogP contribution is 2.03. The second-order valence-corrected chi connectivity index (χ2v) is 9.26. The van der Waals surface area contributed by atoms with Gasteiger partial charge in [0.1, 0.15) is 12.6 Å². The van der Waals surface area contributed by atoms with Crippen molar-refractivity contribution in [3.63, 3.8) is 0 Å². The lowest BCUT2D eigenvalue weighted by atomic mass is 10.1. The van der Waals surface area contributed by atoms with Crippen LogP contribution in [0.2, 0.25) is 0 Å². The van der Waals surface area contributed by atoms with E-state index in [1.54, 1.807) is 31.4 Å². The number of nitrogens with one attached hydrogen (secondary N) is 2. The van der Waals surface area contributed by atoms with Crippen molar-refractivity contribution in [2.45, 2.75) is 25.5 Å². The molecule has 3 N–H and O–H groups in total. The predicted octanol–water partition coefficient (Wildman–Crippen LogP) is 1.03. The maximum Gasteiger partial charge on any atom is 0.408 e. The molecule has 258 valence electrons. The monoisotopic (exact) mass is 646 g/mol. The number of carbonyl (C=O) groups is 3. The average Bonchev–Trinajstić information content (AvgIpc) is 3.04. The minimum absolute atomic E-state index is 0.0109. The number of methoxy groups -OCH3 is 1. The maximum absolute atomic E-state index is 12.0. The van der Waals surface area contributed by atoms with E-state index in [0.717, 1.165) is 5.56 Å². The lowest BCUT2D eigenvalue weighted by molar-refractivity contribution is -0.139. The number of rotatable bonds is 31. The molecule has 0 aromatic heterocycles. The Kier molecular flexibility index (Phi) is 26.6. The molecule has 15 heteroatoms. The molecule has 0 spiro atoms. The van der Waals surface area contributed by atoms with Gasteiger partial charge in [-0.3, -0.25) is 4.79 Å². The van der Waals surface area contributed by atoms with Gasteiger partial charge in [-0.2, -0.15) is 0 Å². The number of carboxylic acids is 1. The molecule has 1 atom stereocenters. The van der Waals surface area contributed by atoms with E-state index in [2.05, 4.69) is 10.6 Å². The van der Waals surface area contributed by atoms with Crippen molar-refractivity contribution in [1.29, 1.82) is 0 Å². The summed E-state index contributed by atoms with van der Waals surface area (Å²) in [5.41, 5.74) is 0.771. The molecular formula is C30H50N2O13. The molecule has 0 bridgehead atoms. The Labute approximate surface area is 265 Å². The molecule has 0 aliphatic rings. The third-order valence-corrected chi connectivity index (χ3v) is 5.70. The third kappa shape index (κ3) is 26.1. The van der Waals surface area contributed by atoms with Gasteiger partial charge in [0.05, 0.1) is 99.1 Å². The number of hydrogen-bond acceptors (Lipinski definition) is 12. The Morgan fingerprint density at radius 3 is 1.56 bits per heavy atom. The minimum atomic E-state index is -1.25. The van der Waals surface area contributed by atoms with Crippen LogP contribution in [0.3, 0.4) is 0 Å². The Hall–Kier alpha value is -2.89. The van der Waals surface area contributed by atoms with Crippen molar-refractivity contribution in [3.8, 4) is 0 Å². The number of hydrogen-bond donors (Lipinski definition) is 3. The zero-order valence-electron chi connectivity index (χ0n) is 26.2. The molecular weight excluding hydrogens is 596 g/mol. The molecule has 0 aliphatic heterocycles. The fourth-order valence-electron chi connectivity index (χ4n) is 3.35. The van der Waals surface area contributed by atoms with Crippen LogP contribution < -0.4 is 10.6 Å². The summed E-state index contributed by atoms with van der Waals surface area (Å²) in [6.45, 7) is 7.19. The summed E-state index contributed by atoms with van der Waals surface area (Å²) in [4.78, 5) is 35.4. The number of aliphatic carboxylic acids is 1. The first-order valence-electron chi connectivity index (χ1n) is 15.0. The number of benzene rings is 1. The van der Waals surface area contributed by atoms with Crippen molar-refractivity contribution in [3.05, 3.63) is 35.9 Å². The van der Waals surface area contributed by atoms with Gasteiger partial charge in [-0.15, -0.1) is 0 Å². The van der Waals surface area contributed by atoms with Crippen LogP contribution in [-0.2, 0) is 58.8 Å². The molecule has 0 saturated carbocycles. The minimum Gasteiger partial charge on any atom is -0.480 e. The van der Waals surface area contributed by atoms with Crippen LogP contribution in [-0.4, -0.2) is 142 Å². The van der Waals surface area contributed by atoms with Crippen LogP contribution in [0.5, 0.6) is 0 Å². The van der Waals surface area contributed by atoms with Gasteiger partial charge in [0.25, 0.3) is 0 Å². The SMILES string of the molecule is COCCOCCOCCOCCOCCOCCOCCOCCNC(=O)CC[C@H](NC(=O)OCc1ccccc1)C(=O)O. The molecule has 0 saturated heterocycles. The summed E-state index contributed by atoms with van der Waals surface area (Å²) in [6, 6.07) is 7.74. The highest BCUT2D eigenvalue weighted by atomic mass is 16.6. The van der Waals surface area contributed by atoms with E-state index in [4.69, 9.17) is 42.6 Å². The summed E-state index contributed by atoms with van der Waals surface area (Å²) in [5, 5.41) is 14.2.